The average Bonchev–Trinajstić information content (AvgIpc) is 2.81. The number of pyridine rings is 1. The van der Waals surface area contributed by atoms with E-state index < -0.39 is 11.9 Å². The number of aryl methyl sites for hydroxylation is 1. The number of fused-ring (bicyclic) bond motifs is 1. The molecule has 0 bridgehead atoms. The zero-order valence-corrected chi connectivity index (χ0v) is 21.2. The molecule has 0 aliphatic rings. The summed E-state index contributed by atoms with van der Waals surface area (Å²) in [7, 11) is 0. The lowest BCUT2D eigenvalue weighted by Gasteiger charge is -2.17. The van der Waals surface area contributed by atoms with E-state index in [9.17, 15) is 9.59 Å². The standard InChI is InChI=1S/C26H33N5O3S/c1-17(2)30-26(35)28-12-7-13-31-23-15-22(34-21-8-5-4-6-9-21)11-10-19(23)14-20(25(31)33)16-29-18(3)24(27)32/h4-6,8-11,14-15,17-18,29H,7,12-13,16H2,1-3H3,(H2,27,32)(H2,28,30,35). The molecule has 1 heterocycles. The van der Waals surface area contributed by atoms with Crippen molar-refractivity contribution in [2.75, 3.05) is 6.54 Å². The van der Waals surface area contributed by atoms with Gasteiger partial charge in [0.05, 0.1) is 11.6 Å². The molecule has 0 fully saturated rings. The average molecular weight is 496 g/mol. The van der Waals surface area contributed by atoms with Gasteiger partial charge in [0.2, 0.25) is 5.91 Å². The summed E-state index contributed by atoms with van der Waals surface area (Å²) in [5, 5.41) is 10.8. The number of para-hydroxylation sites is 1. The van der Waals surface area contributed by atoms with Crippen LogP contribution in [0.4, 0.5) is 0 Å². The maximum Gasteiger partial charge on any atom is 0.255 e. The highest BCUT2D eigenvalue weighted by molar-refractivity contribution is 7.80. The van der Waals surface area contributed by atoms with Crippen molar-refractivity contribution in [2.24, 2.45) is 5.73 Å². The van der Waals surface area contributed by atoms with Gasteiger partial charge in [-0.3, -0.25) is 9.59 Å². The summed E-state index contributed by atoms with van der Waals surface area (Å²) in [5.74, 6) is 0.897. The molecule has 3 rings (SSSR count). The molecule has 1 atom stereocenters. The third-order valence-corrected chi connectivity index (χ3v) is 5.67. The van der Waals surface area contributed by atoms with E-state index in [1.807, 2.05) is 68.4 Å². The number of ether oxygens (including phenoxy) is 1. The summed E-state index contributed by atoms with van der Waals surface area (Å²) >= 11 is 5.29. The second kappa shape index (κ2) is 12.3. The highest BCUT2D eigenvalue weighted by Gasteiger charge is 2.14. The van der Waals surface area contributed by atoms with Crippen LogP contribution < -0.4 is 32.0 Å². The van der Waals surface area contributed by atoms with Crippen LogP contribution >= 0.6 is 12.2 Å². The lowest BCUT2D eigenvalue weighted by molar-refractivity contribution is -0.119. The van der Waals surface area contributed by atoms with Crippen molar-refractivity contribution in [3.05, 3.63) is 70.5 Å². The van der Waals surface area contributed by atoms with Crippen LogP contribution in [-0.2, 0) is 17.9 Å². The van der Waals surface area contributed by atoms with Crippen LogP contribution in [0, 0.1) is 0 Å². The van der Waals surface area contributed by atoms with Crippen molar-refractivity contribution >= 4 is 34.1 Å². The number of nitrogens with zero attached hydrogens (tertiary/aromatic N) is 1. The monoisotopic (exact) mass is 495 g/mol. The third kappa shape index (κ3) is 7.53. The minimum absolute atomic E-state index is 0.124. The maximum atomic E-state index is 13.4. The lowest BCUT2D eigenvalue weighted by atomic mass is 10.1. The van der Waals surface area contributed by atoms with Crippen LogP contribution in [0.1, 0.15) is 32.8 Å². The van der Waals surface area contributed by atoms with Gasteiger partial charge in [-0.15, -0.1) is 0 Å². The predicted molar refractivity (Wildman–Crippen MR) is 144 cm³/mol. The Hall–Kier alpha value is -3.43. The van der Waals surface area contributed by atoms with Crippen LogP contribution in [0.5, 0.6) is 11.5 Å². The third-order valence-electron chi connectivity index (χ3n) is 5.41. The molecule has 1 amide bonds. The van der Waals surface area contributed by atoms with Crippen molar-refractivity contribution in [3.8, 4) is 11.5 Å². The lowest BCUT2D eigenvalue weighted by Crippen LogP contribution is -2.40. The maximum absolute atomic E-state index is 13.4. The molecule has 0 saturated carbocycles. The Morgan fingerprint density at radius 1 is 1.09 bits per heavy atom. The number of amides is 1. The van der Waals surface area contributed by atoms with E-state index in [-0.39, 0.29) is 18.1 Å². The van der Waals surface area contributed by atoms with Crippen LogP contribution in [0.15, 0.2) is 59.4 Å². The molecular weight excluding hydrogens is 462 g/mol. The van der Waals surface area contributed by atoms with E-state index in [0.29, 0.717) is 35.9 Å². The van der Waals surface area contributed by atoms with Crippen molar-refractivity contribution in [1.82, 2.24) is 20.5 Å². The van der Waals surface area contributed by atoms with Gasteiger partial charge in [0.1, 0.15) is 11.5 Å². The molecule has 0 radical (unpaired) electrons. The largest absolute Gasteiger partial charge is 0.457 e. The SMILES string of the molecule is CC(C)NC(=S)NCCCn1c(=O)c(CNC(C)C(N)=O)cc2ccc(Oc3ccccc3)cc21. The second-order valence-corrected chi connectivity index (χ2v) is 9.08. The molecule has 0 aliphatic carbocycles. The fraction of sp³-hybridized carbons (Fsp3) is 0.346. The number of thiocarbonyl (C=S) groups is 1. The first-order chi connectivity index (χ1) is 16.7. The topological polar surface area (TPSA) is 110 Å². The van der Waals surface area contributed by atoms with Gasteiger partial charge in [-0.1, -0.05) is 18.2 Å². The first-order valence-electron chi connectivity index (χ1n) is 11.7. The first-order valence-corrected chi connectivity index (χ1v) is 12.1. The zero-order chi connectivity index (χ0) is 25.4. The number of carbonyl (C=O) groups excluding carboxylic acids is 1. The Balaban J connectivity index is 1.87. The molecule has 35 heavy (non-hydrogen) atoms. The molecule has 0 spiro atoms. The van der Waals surface area contributed by atoms with E-state index in [2.05, 4.69) is 16.0 Å². The predicted octanol–water partition coefficient (Wildman–Crippen LogP) is 3.02. The Morgan fingerprint density at radius 3 is 2.51 bits per heavy atom. The molecule has 1 aromatic heterocycles. The van der Waals surface area contributed by atoms with E-state index in [0.717, 1.165) is 16.7 Å². The van der Waals surface area contributed by atoms with Gasteiger partial charge in [-0.25, -0.2) is 0 Å². The fourth-order valence-corrected chi connectivity index (χ4v) is 3.90. The van der Waals surface area contributed by atoms with Crippen molar-refractivity contribution in [3.63, 3.8) is 0 Å². The molecule has 0 saturated heterocycles. The Morgan fingerprint density at radius 2 is 1.83 bits per heavy atom. The summed E-state index contributed by atoms with van der Waals surface area (Å²) in [5.41, 5.74) is 6.57. The number of primary amides is 1. The van der Waals surface area contributed by atoms with Crippen LogP contribution in [0.25, 0.3) is 10.9 Å². The summed E-state index contributed by atoms with van der Waals surface area (Å²) in [6.07, 6.45) is 0.688. The highest BCUT2D eigenvalue weighted by atomic mass is 32.1. The van der Waals surface area contributed by atoms with Crippen molar-refractivity contribution < 1.29 is 9.53 Å². The highest BCUT2D eigenvalue weighted by Crippen LogP contribution is 2.25. The normalized spacial score (nSPS) is 11.9. The quantitative estimate of drug-likeness (QED) is 0.239. The Kier molecular flexibility index (Phi) is 9.22. The van der Waals surface area contributed by atoms with Gasteiger partial charge < -0.3 is 31.0 Å². The van der Waals surface area contributed by atoms with Gasteiger partial charge in [0.15, 0.2) is 5.11 Å². The molecular formula is C26H33N5O3S. The van der Waals surface area contributed by atoms with Crippen LogP contribution in [-0.4, -0.2) is 34.2 Å². The number of nitrogens with two attached hydrogens (primary N) is 1. The molecule has 186 valence electrons. The molecule has 5 N–H and O–H groups in total. The van der Waals surface area contributed by atoms with E-state index in [1.165, 1.54) is 0 Å². The fourth-order valence-electron chi connectivity index (χ4n) is 3.56. The minimum Gasteiger partial charge on any atom is -0.457 e. The number of hydrogen-bond donors (Lipinski definition) is 4. The number of benzene rings is 2. The van der Waals surface area contributed by atoms with Gasteiger partial charge in [-0.2, -0.15) is 0 Å². The number of hydrogen-bond acceptors (Lipinski definition) is 5. The number of carbonyl (C=O) groups is 1. The van der Waals surface area contributed by atoms with E-state index >= 15 is 0 Å². The van der Waals surface area contributed by atoms with Gasteiger partial charge >= 0.3 is 0 Å². The number of nitrogens with one attached hydrogen (secondary N) is 3. The smallest absolute Gasteiger partial charge is 0.255 e. The van der Waals surface area contributed by atoms with Crippen molar-refractivity contribution in [2.45, 2.75) is 52.4 Å². The summed E-state index contributed by atoms with van der Waals surface area (Å²) in [4.78, 5) is 24.8. The first kappa shape index (κ1) is 26.2. The number of aromatic nitrogens is 1. The van der Waals surface area contributed by atoms with Gasteiger partial charge in [0.25, 0.3) is 5.56 Å². The summed E-state index contributed by atoms with van der Waals surface area (Å²) in [6, 6.07) is 16.7. The number of rotatable bonds is 11. The van der Waals surface area contributed by atoms with Gasteiger partial charge in [0, 0.05) is 37.3 Å². The summed E-state index contributed by atoms with van der Waals surface area (Å²) in [6.45, 7) is 7.06. The summed E-state index contributed by atoms with van der Waals surface area (Å²) < 4.78 is 7.74. The van der Waals surface area contributed by atoms with Crippen LogP contribution in [0.3, 0.4) is 0 Å². The second-order valence-electron chi connectivity index (χ2n) is 8.68. The van der Waals surface area contributed by atoms with Gasteiger partial charge in [-0.05, 0) is 75.1 Å². The molecule has 0 aliphatic heterocycles. The zero-order valence-electron chi connectivity index (χ0n) is 20.3. The molecule has 9 heteroatoms. The van der Waals surface area contributed by atoms with Crippen LogP contribution in [0.2, 0.25) is 0 Å². The minimum atomic E-state index is -0.543. The molecule has 3 aromatic rings. The molecule has 1 unspecified atom stereocenters. The molecule has 2 aromatic carbocycles. The Bertz CT molecular complexity index is 1230. The van der Waals surface area contributed by atoms with E-state index in [4.69, 9.17) is 22.7 Å². The van der Waals surface area contributed by atoms with Crippen molar-refractivity contribution in [1.29, 1.82) is 0 Å². The molecule has 8 nitrogen and oxygen atoms in total. The Labute approximate surface area is 210 Å². The van der Waals surface area contributed by atoms with E-state index in [1.54, 1.807) is 11.5 Å².